The number of halogens is 2. The molecule has 0 N–H and O–H groups in total. The van der Waals surface area contributed by atoms with Crippen LogP contribution in [0.4, 0.5) is 0 Å². The second-order valence-electron chi connectivity index (χ2n) is 2.43. The van der Waals surface area contributed by atoms with Crippen LogP contribution in [0.5, 0.6) is 0 Å². The molecule has 0 radical (unpaired) electrons. The molecule has 3 heteroatoms. The molecular weight excluding hydrogens is 205 g/mol. The molecule has 0 unspecified atom stereocenters. The van der Waals surface area contributed by atoms with Gasteiger partial charge in [-0.25, -0.2) is 0 Å². The summed E-state index contributed by atoms with van der Waals surface area (Å²) in [6.45, 7) is 0. The van der Waals surface area contributed by atoms with Gasteiger partial charge in [-0.15, -0.1) is 0 Å². The highest BCUT2D eigenvalue weighted by Crippen LogP contribution is 2.21. The summed E-state index contributed by atoms with van der Waals surface area (Å²) in [4.78, 5) is 0. The maximum Gasteiger partial charge on any atom is 0.0663 e. The molecule has 0 aliphatic heterocycles. The fraction of sp³-hybridized carbons (Fsp3) is 0.100. The van der Waals surface area contributed by atoms with E-state index in [9.17, 15) is 0 Å². The predicted octanol–water partition coefficient (Wildman–Crippen LogP) is 3.92. The smallest absolute Gasteiger partial charge is 0.0663 e. The first kappa shape index (κ1) is 10.1. The molecule has 1 aromatic rings. The summed E-state index contributed by atoms with van der Waals surface area (Å²) in [5, 5.41) is 9.59. The third-order valence-corrected chi connectivity index (χ3v) is 2.04. The van der Waals surface area contributed by atoms with Crippen LogP contribution in [-0.2, 0) is 0 Å². The molecule has 0 aromatic heterocycles. The van der Waals surface area contributed by atoms with Crippen LogP contribution >= 0.6 is 23.2 Å². The van der Waals surface area contributed by atoms with Gasteiger partial charge in [0, 0.05) is 10.0 Å². The number of nitriles is 1. The predicted molar refractivity (Wildman–Crippen MR) is 55.7 cm³/mol. The lowest BCUT2D eigenvalue weighted by atomic mass is 10.2. The number of nitrogens with zero attached hydrogens (tertiary/aromatic N) is 1. The first-order chi connectivity index (χ1) is 6.24. The second kappa shape index (κ2) is 4.91. The van der Waals surface area contributed by atoms with Gasteiger partial charge in [0.1, 0.15) is 0 Å². The summed E-state index contributed by atoms with van der Waals surface area (Å²) in [6, 6.07) is 7.23. The first-order valence-corrected chi connectivity index (χ1v) is 4.48. The van der Waals surface area contributed by atoms with E-state index in [1.54, 1.807) is 30.4 Å². The van der Waals surface area contributed by atoms with Gasteiger partial charge in [-0.3, -0.25) is 0 Å². The van der Waals surface area contributed by atoms with Crippen molar-refractivity contribution in [1.29, 1.82) is 5.26 Å². The minimum absolute atomic E-state index is 0.378. The lowest BCUT2D eigenvalue weighted by molar-refractivity contribution is 1.36. The van der Waals surface area contributed by atoms with Crippen molar-refractivity contribution in [3.63, 3.8) is 0 Å². The van der Waals surface area contributed by atoms with Gasteiger partial charge in [-0.05, 0) is 23.8 Å². The van der Waals surface area contributed by atoms with Crippen LogP contribution in [0.1, 0.15) is 12.0 Å². The van der Waals surface area contributed by atoms with Crippen molar-refractivity contribution in [1.82, 2.24) is 0 Å². The Balaban J connectivity index is 2.88. The topological polar surface area (TPSA) is 23.8 Å². The molecule has 0 spiro atoms. The highest BCUT2D eigenvalue weighted by molar-refractivity contribution is 6.34. The maximum absolute atomic E-state index is 8.31. The molecule has 0 aliphatic carbocycles. The van der Waals surface area contributed by atoms with Crippen molar-refractivity contribution in [2.24, 2.45) is 0 Å². The zero-order valence-electron chi connectivity index (χ0n) is 6.80. The van der Waals surface area contributed by atoms with Crippen LogP contribution in [-0.4, -0.2) is 0 Å². The van der Waals surface area contributed by atoms with E-state index in [4.69, 9.17) is 28.5 Å². The van der Waals surface area contributed by atoms with Crippen LogP contribution in [0, 0.1) is 11.3 Å². The summed E-state index contributed by atoms with van der Waals surface area (Å²) >= 11 is 11.7. The highest BCUT2D eigenvalue weighted by atomic mass is 35.5. The molecule has 66 valence electrons. The van der Waals surface area contributed by atoms with Crippen molar-refractivity contribution < 1.29 is 0 Å². The minimum atomic E-state index is 0.378. The van der Waals surface area contributed by atoms with Crippen LogP contribution in [0.2, 0.25) is 10.0 Å². The van der Waals surface area contributed by atoms with E-state index in [1.807, 2.05) is 6.07 Å². The summed E-state index contributed by atoms with van der Waals surface area (Å²) in [6.07, 6.45) is 3.91. The SMILES string of the molecule is N#CCC=Cc1cc(Cl)ccc1Cl. The molecule has 0 bridgehead atoms. The molecule has 0 saturated heterocycles. The number of rotatable bonds is 2. The van der Waals surface area contributed by atoms with E-state index in [-0.39, 0.29) is 0 Å². The molecule has 1 rings (SSSR count). The van der Waals surface area contributed by atoms with Gasteiger partial charge < -0.3 is 0 Å². The summed E-state index contributed by atoms with van der Waals surface area (Å²) in [5.41, 5.74) is 0.837. The molecule has 0 atom stereocenters. The molecular formula is C10H7Cl2N. The molecule has 1 nitrogen and oxygen atoms in total. The lowest BCUT2D eigenvalue weighted by Crippen LogP contribution is -1.74. The Hall–Kier alpha value is -0.970. The maximum atomic E-state index is 8.31. The average molecular weight is 212 g/mol. The van der Waals surface area contributed by atoms with Crippen LogP contribution < -0.4 is 0 Å². The lowest BCUT2D eigenvalue weighted by Gasteiger charge is -1.97. The normalized spacial score (nSPS) is 10.2. The summed E-state index contributed by atoms with van der Waals surface area (Å²) in [7, 11) is 0. The number of benzene rings is 1. The van der Waals surface area contributed by atoms with E-state index in [2.05, 4.69) is 0 Å². The average Bonchev–Trinajstić information content (AvgIpc) is 2.11. The first-order valence-electron chi connectivity index (χ1n) is 3.72. The zero-order chi connectivity index (χ0) is 9.68. The molecule has 0 amide bonds. The Morgan fingerprint density at radius 2 is 2.15 bits per heavy atom. The van der Waals surface area contributed by atoms with E-state index in [0.29, 0.717) is 16.5 Å². The Bertz CT molecular complexity index is 364. The molecule has 13 heavy (non-hydrogen) atoms. The molecule has 0 fully saturated rings. The van der Waals surface area contributed by atoms with Crippen molar-refractivity contribution in [3.8, 4) is 6.07 Å². The summed E-state index contributed by atoms with van der Waals surface area (Å²) < 4.78 is 0. The third-order valence-electron chi connectivity index (χ3n) is 1.46. The highest BCUT2D eigenvalue weighted by Gasteiger charge is 1.96. The van der Waals surface area contributed by atoms with E-state index in [0.717, 1.165) is 5.56 Å². The Labute approximate surface area is 87.2 Å². The third kappa shape index (κ3) is 3.10. The molecule has 1 aromatic carbocycles. The van der Waals surface area contributed by atoms with Crippen molar-refractivity contribution in [2.45, 2.75) is 6.42 Å². The van der Waals surface area contributed by atoms with Gasteiger partial charge in [-0.2, -0.15) is 5.26 Å². The van der Waals surface area contributed by atoms with Gasteiger partial charge >= 0.3 is 0 Å². The van der Waals surface area contributed by atoms with Crippen LogP contribution in [0.3, 0.4) is 0 Å². The van der Waals surface area contributed by atoms with Crippen molar-refractivity contribution in [3.05, 3.63) is 39.9 Å². The minimum Gasteiger partial charge on any atom is -0.198 e. The zero-order valence-corrected chi connectivity index (χ0v) is 8.31. The second-order valence-corrected chi connectivity index (χ2v) is 3.27. The van der Waals surface area contributed by atoms with Gasteiger partial charge in [0.05, 0.1) is 12.5 Å². The van der Waals surface area contributed by atoms with Gasteiger partial charge in [0.15, 0.2) is 0 Å². The van der Waals surface area contributed by atoms with Crippen LogP contribution in [0.15, 0.2) is 24.3 Å². The van der Waals surface area contributed by atoms with Crippen LogP contribution in [0.25, 0.3) is 6.08 Å². The largest absolute Gasteiger partial charge is 0.198 e. The molecule has 0 aliphatic rings. The number of allylic oxidation sites excluding steroid dienone is 1. The fourth-order valence-corrected chi connectivity index (χ4v) is 1.24. The van der Waals surface area contributed by atoms with Crippen molar-refractivity contribution in [2.75, 3.05) is 0 Å². The Morgan fingerprint density at radius 3 is 2.85 bits per heavy atom. The quantitative estimate of drug-likeness (QED) is 0.728. The van der Waals surface area contributed by atoms with Crippen molar-refractivity contribution >= 4 is 29.3 Å². The molecule has 0 heterocycles. The summed E-state index contributed by atoms with van der Waals surface area (Å²) in [5.74, 6) is 0. The Kier molecular flexibility index (Phi) is 3.82. The number of hydrogen-bond acceptors (Lipinski definition) is 1. The Morgan fingerprint density at radius 1 is 1.38 bits per heavy atom. The van der Waals surface area contributed by atoms with E-state index < -0.39 is 0 Å². The van der Waals surface area contributed by atoms with E-state index in [1.165, 1.54) is 0 Å². The fourth-order valence-electron chi connectivity index (χ4n) is 0.881. The van der Waals surface area contributed by atoms with E-state index >= 15 is 0 Å². The monoisotopic (exact) mass is 211 g/mol. The van der Waals surface area contributed by atoms with Gasteiger partial charge in [-0.1, -0.05) is 35.4 Å². The number of hydrogen-bond donors (Lipinski definition) is 0. The van der Waals surface area contributed by atoms with Gasteiger partial charge in [0.2, 0.25) is 0 Å². The standard InChI is InChI=1S/C10H7Cl2N/c11-9-4-5-10(12)8(7-9)3-1-2-6-13/h1,3-5,7H,2H2. The molecule has 0 saturated carbocycles. The van der Waals surface area contributed by atoms with Gasteiger partial charge in [0.25, 0.3) is 0 Å².